The lowest BCUT2D eigenvalue weighted by molar-refractivity contribution is 0.0961. The molecule has 30 heavy (non-hydrogen) atoms. The van der Waals surface area contributed by atoms with Gasteiger partial charge in [-0.3, -0.25) is 14.0 Å². The summed E-state index contributed by atoms with van der Waals surface area (Å²) in [5.41, 5.74) is 3.83. The van der Waals surface area contributed by atoms with Crippen LogP contribution in [0.5, 0.6) is 0 Å². The third kappa shape index (κ3) is 3.62. The Bertz CT molecular complexity index is 1230. The van der Waals surface area contributed by atoms with Crippen LogP contribution in [0.2, 0.25) is 5.02 Å². The van der Waals surface area contributed by atoms with E-state index in [-0.39, 0.29) is 17.5 Å². The molecule has 0 atom stereocenters. The van der Waals surface area contributed by atoms with Crippen molar-refractivity contribution in [2.24, 2.45) is 0 Å². The molecule has 2 aromatic heterocycles. The summed E-state index contributed by atoms with van der Waals surface area (Å²) in [6.45, 7) is 0. The third-order valence-corrected chi connectivity index (χ3v) is 5.06. The number of halogens is 1. The fraction of sp³-hybridized carbons (Fsp3) is 0.0909. The summed E-state index contributed by atoms with van der Waals surface area (Å²) in [5, 5.41) is 3.20. The SMILES string of the molecule is CNC(=O)c1ccc(-c2cnc3cnc(C(=O)N(C)c4ccc(Cl)cc4)cn23)cc1. The number of anilines is 1. The molecule has 150 valence electrons. The molecular weight excluding hydrogens is 402 g/mol. The molecule has 8 heteroatoms. The van der Waals surface area contributed by atoms with Crippen LogP contribution >= 0.6 is 11.6 Å². The van der Waals surface area contributed by atoms with Crippen molar-refractivity contribution in [2.75, 3.05) is 19.0 Å². The van der Waals surface area contributed by atoms with Gasteiger partial charge in [0.1, 0.15) is 5.69 Å². The summed E-state index contributed by atoms with van der Waals surface area (Å²) in [4.78, 5) is 34.9. The first-order valence-electron chi connectivity index (χ1n) is 9.17. The predicted octanol–water partition coefficient (Wildman–Crippen LogP) is 3.69. The van der Waals surface area contributed by atoms with Crippen molar-refractivity contribution in [3.63, 3.8) is 0 Å². The van der Waals surface area contributed by atoms with Gasteiger partial charge in [-0.15, -0.1) is 0 Å². The van der Waals surface area contributed by atoms with Gasteiger partial charge in [0.15, 0.2) is 5.65 Å². The number of hydrogen-bond acceptors (Lipinski definition) is 4. The molecule has 2 amide bonds. The number of rotatable bonds is 4. The van der Waals surface area contributed by atoms with Crippen LogP contribution in [0.3, 0.4) is 0 Å². The molecule has 1 N–H and O–H groups in total. The summed E-state index contributed by atoms with van der Waals surface area (Å²) in [6.07, 6.45) is 4.94. The number of amides is 2. The van der Waals surface area contributed by atoms with Crippen LogP contribution in [0.25, 0.3) is 16.9 Å². The number of carbonyl (C=O) groups excluding carboxylic acids is 2. The van der Waals surface area contributed by atoms with Crippen molar-refractivity contribution in [1.29, 1.82) is 0 Å². The van der Waals surface area contributed by atoms with E-state index in [9.17, 15) is 9.59 Å². The van der Waals surface area contributed by atoms with Gasteiger partial charge in [0.25, 0.3) is 11.8 Å². The fourth-order valence-electron chi connectivity index (χ4n) is 3.10. The highest BCUT2D eigenvalue weighted by atomic mass is 35.5. The standard InChI is InChI=1S/C22H18ClN5O2/c1-24-21(29)15-5-3-14(4-6-15)19-11-26-20-12-25-18(13-28(19)20)22(30)27(2)17-9-7-16(23)8-10-17/h3-13H,1-2H3,(H,24,29). The molecule has 0 saturated heterocycles. The van der Waals surface area contributed by atoms with E-state index in [1.807, 2.05) is 16.5 Å². The highest BCUT2D eigenvalue weighted by molar-refractivity contribution is 6.30. The summed E-state index contributed by atoms with van der Waals surface area (Å²) in [7, 11) is 3.27. The zero-order chi connectivity index (χ0) is 21.3. The molecule has 4 aromatic rings. The van der Waals surface area contributed by atoms with Crippen molar-refractivity contribution in [2.45, 2.75) is 0 Å². The lowest BCUT2D eigenvalue weighted by Gasteiger charge is -2.17. The highest BCUT2D eigenvalue weighted by Crippen LogP contribution is 2.23. The molecule has 2 heterocycles. The molecule has 0 aliphatic carbocycles. The monoisotopic (exact) mass is 419 g/mol. The highest BCUT2D eigenvalue weighted by Gasteiger charge is 2.17. The van der Waals surface area contributed by atoms with Crippen LogP contribution in [0.1, 0.15) is 20.8 Å². The fourth-order valence-corrected chi connectivity index (χ4v) is 3.23. The average Bonchev–Trinajstić information content (AvgIpc) is 3.21. The number of aromatic nitrogens is 3. The average molecular weight is 420 g/mol. The summed E-state index contributed by atoms with van der Waals surface area (Å²) >= 11 is 5.93. The van der Waals surface area contributed by atoms with E-state index in [1.54, 1.807) is 69.1 Å². The molecular formula is C22H18ClN5O2. The molecule has 0 aliphatic heterocycles. The third-order valence-electron chi connectivity index (χ3n) is 4.80. The Balaban J connectivity index is 1.68. The molecule has 0 unspecified atom stereocenters. The van der Waals surface area contributed by atoms with E-state index < -0.39 is 0 Å². The second kappa shape index (κ2) is 7.96. The number of nitrogens with zero attached hydrogens (tertiary/aromatic N) is 4. The van der Waals surface area contributed by atoms with Crippen LogP contribution in [0.15, 0.2) is 67.1 Å². The Kier molecular flexibility index (Phi) is 5.20. The summed E-state index contributed by atoms with van der Waals surface area (Å²) in [6, 6.07) is 14.2. The minimum Gasteiger partial charge on any atom is -0.355 e. The largest absolute Gasteiger partial charge is 0.355 e. The quantitative estimate of drug-likeness (QED) is 0.547. The van der Waals surface area contributed by atoms with Crippen LogP contribution < -0.4 is 10.2 Å². The van der Waals surface area contributed by atoms with Crippen molar-refractivity contribution < 1.29 is 9.59 Å². The van der Waals surface area contributed by atoms with Gasteiger partial charge < -0.3 is 10.2 Å². The van der Waals surface area contributed by atoms with Gasteiger partial charge >= 0.3 is 0 Å². The lowest BCUT2D eigenvalue weighted by atomic mass is 10.1. The van der Waals surface area contributed by atoms with Crippen LogP contribution in [0, 0.1) is 0 Å². The maximum absolute atomic E-state index is 12.9. The summed E-state index contributed by atoms with van der Waals surface area (Å²) in [5.74, 6) is -0.407. The van der Waals surface area contributed by atoms with Gasteiger partial charge in [-0.05, 0) is 36.4 Å². The minimum absolute atomic E-state index is 0.151. The maximum Gasteiger partial charge on any atom is 0.278 e. The van der Waals surface area contributed by atoms with E-state index in [2.05, 4.69) is 15.3 Å². The Morgan fingerprint density at radius 2 is 1.70 bits per heavy atom. The molecule has 2 aromatic carbocycles. The van der Waals surface area contributed by atoms with Gasteiger partial charge in [0, 0.05) is 42.1 Å². The van der Waals surface area contributed by atoms with E-state index >= 15 is 0 Å². The first kappa shape index (κ1) is 19.6. The van der Waals surface area contributed by atoms with E-state index in [0.717, 1.165) is 11.3 Å². The van der Waals surface area contributed by atoms with Gasteiger partial charge in [-0.1, -0.05) is 23.7 Å². The zero-order valence-corrected chi connectivity index (χ0v) is 17.1. The Hall–Kier alpha value is -3.71. The molecule has 0 saturated carbocycles. The van der Waals surface area contributed by atoms with E-state index in [0.29, 0.717) is 21.9 Å². The van der Waals surface area contributed by atoms with Gasteiger partial charge in [-0.2, -0.15) is 0 Å². The smallest absolute Gasteiger partial charge is 0.278 e. The Morgan fingerprint density at radius 1 is 1.00 bits per heavy atom. The van der Waals surface area contributed by atoms with Crippen LogP contribution in [0.4, 0.5) is 5.69 Å². The van der Waals surface area contributed by atoms with E-state index in [4.69, 9.17) is 11.6 Å². The first-order valence-corrected chi connectivity index (χ1v) is 9.55. The molecule has 7 nitrogen and oxygen atoms in total. The van der Waals surface area contributed by atoms with Gasteiger partial charge in [-0.25, -0.2) is 9.97 Å². The second-order valence-corrected chi connectivity index (χ2v) is 7.08. The van der Waals surface area contributed by atoms with Crippen LogP contribution in [-0.4, -0.2) is 40.3 Å². The Labute approximate surface area is 177 Å². The number of benzene rings is 2. The summed E-state index contributed by atoms with van der Waals surface area (Å²) < 4.78 is 1.81. The zero-order valence-electron chi connectivity index (χ0n) is 16.3. The normalized spacial score (nSPS) is 10.8. The topological polar surface area (TPSA) is 79.6 Å². The number of hydrogen-bond donors (Lipinski definition) is 1. The maximum atomic E-state index is 12.9. The number of nitrogens with one attached hydrogen (secondary N) is 1. The van der Waals surface area contributed by atoms with Crippen molar-refractivity contribution in [3.8, 4) is 11.3 Å². The first-order chi connectivity index (χ1) is 14.5. The van der Waals surface area contributed by atoms with Crippen molar-refractivity contribution >= 4 is 34.7 Å². The van der Waals surface area contributed by atoms with E-state index in [1.165, 1.54) is 4.90 Å². The molecule has 0 radical (unpaired) electrons. The van der Waals surface area contributed by atoms with Gasteiger partial charge in [0.2, 0.25) is 0 Å². The predicted molar refractivity (Wildman–Crippen MR) is 116 cm³/mol. The second-order valence-electron chi connectivity index (χ2n) is 6.64. The molecule has 4 rings (SSSR count). The van der Waals surface area contributed by atoms with Crippen molar-refractivity contribution in [1.82, 2.24) is 19.7 Å². The molecule has 0 fully saturated rings. The molecule has 0 bridgehead atoms. The molecule has 0 aliphatic rings. The molecule has 0 spiro atoms. The lowest BCUT2D eigenvalue weighted by Crippen LogP contribution is -2.27. The van der Waals surface area contributed by atoms with Crippen molar-refractivity contribution in [3.05, 3.63) is 83.4 Å². The van der Waals surface area contributed by atoms with Crippen LogP contribution in [-0.2, 0) is 0 Å². The minimum atomic E-state index is -0.256. The number of fused-ring (bicyclic) bond motifs is 1. The number of carbonyl (C=O) groups is 2. The number of imidazole rings is 1. The van der Waals surface area contributed by atoms with Gasteiger partial charge in [0.05, 0.1) is 18.1 Å². The Morgan fingerprint density at radius 3 is 2.37 bits per heavy atom.